The maximum absolute atomic E-state index is 13.3. The quantitative estimate of drug-likeness (QED) is 0.503. The number of carbonyl (C=O) groups is 1. The molecular formula is C23H24ClN3O4. The predicted octanol–water partition coefficient (Wildman–Crippen LogP) is 5.16. The molecule has 0 saturated carbocycles. The van der Waals surface area contributed by atoms with E-state index in [1.807, 2.05) is 26.0 Å². The molecule has 1 amide bonds. The molecule has 1 atom stereocenters. The van der Waals surface area contributed by atoms with Crippen molar-refractivity contribution in [2.75, 3.05) is 19.8 Å². The Morgan fingerprint density at radius 2 is 1.97 bits per heavy atom. The summed E-state index contributed by atoms with van der Waals surface area (Å²) in [6.45, 7) is 5.43. The molecular weight excluding hydrogens is 418 g/mol. The van der Waals surface area contributed by atoms with Crippen LogP contribution in [0.25, 0.3) is 11.4 Å². The fraction of sp³-hybridized carbons (Fsp3) is 0.348. The van der Waals surface area contributed by atoms with Gasteiger partial charge in [-0.15, -0.1) is 0 Å². The number of nitrogens with zero attached hydrogens (tertiary/aromatic N) is 3. The first kappa shape index (κ1) is 21.2. The minimum atomic E-state index is -0.268. The summed E-state index contributed by atoms with van der Waals surface area (Å²) >= 11 is 6.07. The van der Waals surface area contributed by atoms with Crippen LogP contribution in [0.3, 0.4) is 0 Å². The van der Waals surface area contributed by atoms with Crippen molar-refractivity contribution in [3.63, 3.8) is 0 Å². The number of ether oxygens (including phenoxy) is 2. The first-order valence-corrected chi connectivity index (χ1v) is 10.8. The highest BCUT2D eigenvalue weighted by Crippen LogP contribution is 2.35. The third-order valence-electron chi connectivity index (χ3n) is 5.11. The SMILES string of the molecule is CCOc1ccc(C(=O)N2CCC[C@@H]2c2nc(-c3cccc(Cl)c3)no2)cc1OCC. The number of hydrogen-bond donors (Lipinski definition) is 0. The molecule has 1 fully saturated rings. The maximum Gasteiger partial charge on any atom is 0.254 e. The highest BCUT2D eigenvalue weighted by molar-refractivity contribution is 6.30. The van der Waals surface area contributed by atoms with Gasteiger partial charge in [0.15, 0.2) is 11.5 Å². The fourth-order valence-electron chi connectivity index (χ4n) is 3.73. The van der Waals surface area contributed by atoms with E-state index in [0.29, 0.717) is 53.6 Å². The number of hydrogen-bond acceptors (Lipinski definition) is 6. The van der Waals surface area contributed by atoms with Crippen LogP contribution >= 0.6 is 11.6 Å². The number of likely N-dealkylation sites (tertiary alicyclic amines) is 1. The van der Waals surface area contributed by atoms with E-state index in [0.717, 1.165) is 18.4 Å². The van der Waals surface area contributed by atoms with Crippen LogP contribution in [0.5, 0.6) is 11.5 Å². The highest BCUT2D eigenvalue weighted by Gasteiger charge is 2.35. The second-order valence-corrected chi connectivity index (χ2v) is 7.59. The Hall–Kier alpha value is -3.06. The van der Waals surface area contributed by atoms with E-state index < -0.39 is 0 Å². The molecule has 4 rings (SSSR count). The molecule has 8 heteroatoms. The van der Waals surface area contributed by atoms with E-state index in [1.165, 1.54) is 0 Å². The van der Waals surface area contributed by atoms with Crippen LogP contribution in [0.15, 0.2) is 47.0 Å². The average Bonchev–Trinajstić information content (AvgIpc) is 3.44. The lowest BCUT2D eigenvalue weighted by molar-refractivity contribution is 0.0709. The number of amides is 1. The van der Waals surface area contributed by atoms with Gasteiger partial charge in [-0.25, -0.2) is 0 Å². The van der Waals surface area contributed by atoms with E-state index in [9.17, 15) is 4.79 Å². The van der Waals surface area contributed by atoms with Crippen molar-refractivity contribution >= 4 is 17.5 Å². The van der Waals surface area contributed by atoms with Crippen LogP contribution < -0.4 is 9.47 Å². The van der Waals surface area contributed by atoms with E-state index in [2.05, 4.69) is 10.1 Å². The monoisotopic (exact) mass is 441 g/mol. The van der Waals surface area contributed by atoms with Gasteiger partial charge in [-0.3, -0.25) is 4.79 Å². The first-order chi connectivity index (χ1) is 15.1. The Kier molecular flexibility index (Phi) is 6.42. The Labute approximate surface area is 185 Å². The second kappa shape index (κ2) is 9.39. The van der Waals surface area contributed by atoms with Crippen molar-refractivity contribution in [2.24, 2.45) is 0 Å². The van der Waals surface area contributed by atoms with Crippen LogP contribution in [0.1, 0.15) is 49.0 Å². The second-order valence-electron chi connectivity index (χ2n) is 7.15. The van der Waals surface area contributed by atoms with Crippen molar-refractivity contribution in [1.29, 1.82) is 0 Å². The molecule has 0 spiro atoms. The third kappa shape index (κ3) is 4.51. The van der Waals surface area contributed by atoms with Gasteiger partial charge in [0.2, 0.25) is 11.7 Å². The van der Waals surface area contributed by atoms with Gasteiger partial charge in [-0.2, -0.15) is 4.98 Å². The smallest absolute Gasteiger partial charge is 0.254 e. The zero-order chi connectivity index (χ0) is 21.8. The van der Waals surface area contributed by atoms with Gasteiger partial charge in [0.25, 0.3) is 5.91 Å². The van der Waals surface area contributed by atoms with E-state index in [4.69, 9.17) is 25.6 Å². The number of halogens is 1. The van der Waals surface area contributed by atoms with Crippen molar-refractivity contribution < 1.29 is 18.8 Å². The van der Waals surface area contributed by atoms with Gasteiger partial charge in [-0.1, -0.05) is 28.9 Å². The Bertz CT molecular complexity index is 1070. The van der Waals surface area contributed by atoms with Gasteiger partial charge < -0.3 is 18.9 Å². The van der Waals surface area contributed by atoms with E-state index in [-0.39, 0.29) is 11.9 Å². The fourth-order valence-corrected chi connectivity index (χ4v) is 3.92. The molecule has 0 N–H and O–H groups in total. The van der Waals surface area contributed by atoms with Gasteiger partial charge in [0.05, 0.1) is 13.2 Å². The lowest BCUT2D eigenvalue weighted by Crippen LogP contribution is -2.30. The van der Waals surface area contributed by atoms with E-state index >= 15 is 0 Å². The molecule has 162 valence electrons. The minimum Gasteiger partial charge on any atom is -0.490 e. The molecule has 0 radical (unpaired) electrons. The average molecular weight is 442 g/mol. The summed E-state index contributed by atoms with van der Waals surface area (Å²) < 4.78 is 16.8. The zero-order valence-electron chi connectivity index (χ0n) is 17.5. The number of rotatable bonds is 7. The van der Waals surface area contributed by atoms with E-state index in [1.54, 1.807) is 35.2 Å². The van der Waals surface area contributed by atoms with Gasteiger partial charge in [0.1, 0.15) is 6.04 Å². The molecule has 7 nitrogen and oxygen atoms in total. The van der Waals surface area contributed by atoms with Crippen molar-refractivity contribution in [3.8, 4) is 22.9 Å². The summed E-state index contributed by atoms with van der Waals surface area (Å²) in [5, 5.41) is 4.69. The molecule has 0 bridgehead atoms. The summed E-state index contributed by atoms with van der Waals surface area (Å²) in [5.74, 6) is 1.97. The molecule has 0 unspecified atom stereocenters. The lowest BCUT2D eigenvalue weighted by Gasteiger charge is -2.22. The minimum absolute atomic E-state index is 0.103. The van der Waals surface area contributed by atoms with Crippen LogP contribution in [0, 0.1) is 0 Å². The Morgan fingerprint density at radius 3 is 2.74 bits per heavy atom. The van der Waals surface area contributed by atoms with Gasteiger partial charge in [-0.05, 0) is 57.0 Å². The number of benzene rings is 2. The maximum atomic E-state index is 13.3. The van der Waals surface area contributed by atoms with Crippen molar-refractivity contribution in [2.45, 2.75) is 32.7 Å². The molecule has 2 aromatic carbocycles. The molecule has 31 heavy (non-hydrogen) atoms. The van der Waals surface area contributed by atoms with Gasteiger partial charge in [0, 0.05) is 22.7 Å². The summed E-state index contributed by atoms with van der Waals surface area (Å²) in [6.07, 6.45) is 1.62. The van der Waals surface area contributed by atoms with Crippen LogP contribution in [0.2, 0.25) is 5.02 Å². The molecule has 1 aromatic heterocycles. The standard InChI is InChI=1S/C23H24ClN3O4/c1-3-29-19-11-10-16(14-20(19)30-4-2)23(28)27-12-6-9-18(27)22-25-21(26-31-22)15-7-5-8-17(24)13-15/h5,7-8,10-11,13-14,18H,3-4,6,9,12H2,1-2H3/t18-/m1/s1. The van der Waals surface area contributed by atoms with Crippen LogP contribution in [-0.4, -0.2) is 40.7 Å². The first-order valence-electron chi connectivity index (χ1n) is 10.4. The molecule has 2 heterocycles. The Balaban J connectivity index is 1.57. The molecule has 1 aliphatic heterocycles. The summed E-state index contributed by atoms with van der Waals surface area (Å²) in [4.78, 5) is 19.6. The molecule has 1 saturated heterocycles. The largest absolute Gasteiger partial charge is 0.490 e. The normalized spacial score (nSPS) is 15.8. The van der Waals surface area contributed by atoms with Crippen LogP contribution in [-0.2, 0) is 0 Å². The number of carbonyl (C=O) groups excluding carboxylic acids is 1. The lowest BCUT2D eigenvalue weighted by atomic mass is 10.1. The molecule has 1 aliphatic rings. The topological polar surface area (TPSA) is 77.7 Å². The zero-order valence-corrected chi connectivity index (χ0v) is 18.3. The predicted molar refractivity (Wildman–Crippen MR) is 117 cm³/mol. The summed E-state index contributed by atoms with van der Waals surface area (Å²) in [6, 6.07) is 12.3. The van der Waals surface area contributed by atoms with Crippen molar-refractivity contribution in [3.05, 3.63) is 58.9 Å². The van der Waals surface area contributed by atoms with Crippen molar-refractivity contribution in [1.82, 2.24) is 15.0 Å². The summed E-state index contributed by atoms with van der Waals surface area (Å²) in [7, 11) is 0. The molecule has 3 aromatic rings. The summed E-state index contributed by atoms with van der Waals surface area (Å²) in [5.41, 5.74) is 1.31. The third-order valence-corrected chi connectivity index (χ3v) is 5.35. The Morgan fingerprint density at radius 1 is 1.16 bits per heavy atom. The molecule has 0 aliphatic carbocycles. The van der Waals surface area contributed by atoms with Gasteiger partial charge >= 0.3 is 0 Å². The number of aromatic nitrogens is 2. The van der Waals surface area contributed by atoms with Crippen LogP contribution in [0.4, 0.5) is 0 Å². The highest BCUT2D eigenvalue weighted by atomic mass is 35.5.